The molecular formula is C32H43N3O3. The van der Waals surface area contributed by atoms with E-state index < -0.39 is 0 Å². The molecule has 0 bridgehead atoms. The van der Waals surface area contributed by atoms with Crippen molar-refractivity contribution in [2.45, 2.75) is 51.5 Å². The highest BCUT2D eigenvalue weighted by Crippen LogP contribution is 2.24. The molecule has 1 amide bonds. The molecule has 0 aliphatic carbocycles. The summed E-state index contributed by atoms with van der Waals surface area (Å²) in [5.74, 6) is 1.35. The Balaban J connectivity index is 1.27. The van der Waals surface area contributed by atoms with Gasteiger partial charge in [-0.1, -0.05) is 61.0 Å². The van der Waals surface area contributed by atoms with Crippen molar-refractivity contribution >= 4 is 16.7 Å². The first kappa shape index (κ1) is 28.1. The van der Waals surface area contributed by atoms with Gasteiger partial charge < -0.3 is 9.64 Å². The van der Waals surface area contributed by atoms with E-state index in [0.717, 1.165) is 63.5 Å². The fourth-order valence-electron chi connectivity index (χ4n) is 5.62. The van der Waals surface area contributed by atoms with Crippen molar-refractivity contribution in [2.75, 3.05) is 39.8 Å². The molecule has 3 aromatic rings. The average Bonchev–Trinajstić information content (AvgIpc) is 3.41. The minimum absolute atomic E-state index is 0.293. The molecule has 2 N–H and O–H groups in total. The summed E-state index contributed by atoms with van der Waals surface area (Å²) in [6.45, 7) is 6.55. The quantitative estimate of drug-likeness (QED) is 0.154. The Hall–Kier alpha value is -2.93. The third kappa shape index (κ3) is 8.55. The van der Waals surface area contributed by atoms with Crippen molar-refractivity contribution in [2.24, 2.45) is 5.92 Å². The number of likely N-dealkylation sites (tertiary alicyclic amines) is 1. The van der Waals surface area contributed by atoms with Crippen LogP contribution in [0.5, 0.6) is 5.75 Å². The Morgan fingerprint density at radius 1 is 1.00 bits per heavy atom. The molecule has 1 saturated heterocycles. The molecule has 0 aromatic heterocycles. The normalized spacial score (nSPS) is 15.8. The highest BCUT2D eigenvalue weighted by Gasteiger charge is 2.23. The number of hydrogen-bond acceptors (Lipinski definition) is 5. The molecule has 4 rings (SSSR count). The second-order valence-electron chi connectivity index (χ2n) is 10.6. The Labute approximate surface area is 227 Å². The molecule has 1 unspecified atom stereocenters. The number of amides is 1. The maximum absolute atomic E-state index is 11.3. The molecule has 6 heteroatoms. The molecule has 1 aliphatic rings. The highest BCUT2D eigenvalue weighted by molar-refractivity contribution is 5.85. The fourth-order valence-corrected chi connectivity index (χ4v) is 5.62. The second-order valence-corrected chi connectivity index (χ2v) is 10.6. The van der Waals surface area contributed by atoms with E-state index in [1.165, 1.54) is 47.8 Å². The lowest BCUT2D eigenvalue weighted by Gasteiger charge is -2.24. The van der Waals surface area contributed by atoms with Crippen LogP contribution in [0.15, 0.2) is 66.7 Å². The number of unbranched alkanes of at least 4 members (excludes halogenated alkanes) is 2. The first-order chi connectivity index (χ1) is 18.6. The first-order valence-electron chi connectivity index (χ1n) is 14.1. The van der Waals surface area contributed by atoms with Gasteiger partial charge in [-0.15, -0.1) is 0 Å². The van der Waals surface area contributed by atoms with Crippen LogP contribution >= 0.6 is 0 Å². The maximum Gasteiger partial charge on any atom is 0.243 e. The van der Waals surface area contributed by atoms with Crippen LogP contribution in [0.3, 0.4) is 0 Å². The molecule has 3 aromatic carbocycles. The number of carbonyl (C=O) groups is 1. The topological polar surface area (TPSA) is 65.0 Å². The zero-order valence-electron chi connectivity index (χ0n) is 22.8. The predicted octanol–water partition coefficient (Wildman–Crippen LogP) is 5.67. The predicted molar refractivity (Wildman–Crippen MR) is 153 cm³/mol. The van der Waals surface area contributed by atoms with E-state index in [4.69, 9.17) is 9.94 Å². The van der Waals surface area contributed by atoms with Crippen LogP contribution in [-0.2, 0) is 17.8 Å². The SMILES string of the molecule is COc1ccc(CN2CCC(CCN(CCCCCC(=O)NO)CCc3cccc4ccccc34)C2)cc1. The molecule has 0 spiro atoms. The van der Waals surface area contributed by atoms with Crippen molar-refractivity contribution < 1.29 is 14.7 Å². The van der Waals surface area contributed by atoms with Gasteiger partial charge in [0, 0.05) is 26.1 Å². The van der Waals surface area contributed by atoms with Gasteiger partial charge in [0.25, 0.3) is 0 Å². The summed E-state index contributed by atoms with van der Waals surface area (Å²) >= 11 is 0. The largest absolute Gasteiger partial charge is 0.497 e. The lowest BCUT2D eigenvalue weighted by molar-refractivity contribution is -0.129. The van der Waals surface area contributed by atoms with Crippen molar-refractivity contribution in [1.29, 1.82) is 0 Å². The molecule has 0 saturated carbocycles. The standard InChI is InChI=1S/C32H43N3O3/c1-38-30-15-13-26(14-16-30)24-35-22-18-27(25-35)17-21-34(20-6-2-3-12-32(36)33-37)23-19-29-10-7-9-28-8-4-5-11-31(28)29/h4-5,7-11,13-16,27,37H,2-3,6,12,17-25H2,1H3,(H,33,36). The van der Waals surface area contributed by atoms with Crippen molar-refractivity contribution in [3.63, 3.8) is 0 Å². The van der Waals surface area contributed by atoms with Gasteiger partial charge >= 0.3 is 0 Å². The van der Waals surface area contributed by atoms with Gasteiger partial charge in [-0.05, 0) is 91.7 Å². The summed E-state index contributed by atoms with van der Waals surface area (Å²) in [7, 11) is 1.71. The number of nitrogens with one attached hydrogen (secondary N) is 1. The van der Waals surface area contributed by atoms with Crippen molar-refractivity contribution in [3.8, 4) is 5.75 Å². The molecule has 0 radical (unpaired) electrons. The zero-order valence-corrected chi connectivity index (χ0v) is 22.8. The molecule has 38 heavy (non-hydrogen) atoms. The first-order valence-corrected chi connectivity index (χ1v) is 14.1. The van der Waals surface area contributed by atoms with Crippen molar-refractivity contribution in [3.05, 3.63) is 77.9 Å². The zero-order chi connectivity index (χ0) is 26.6. The lowest BCUT2D eigenvalue weighted by atomic mass is 10.0. The van der Waals surface area contributed by atoms with Crippen LogP contribution in [0, 0.1) is 5.92 Å². The number of methoxy groups -OCH3 is 1. The van der Waals surface area contributed by atoms with E-state index in [0.29, 0.717) is 6.42 Å². The Bertz CT molecular complexity index is 1130. The van der Waals surface area contributed by atoms with Gasteiger partial charge in [0.2, 0.25) is 5.91 Å². The van der Waals surface area contributed by atoms with Crippen LogP contribution in [0.25, 0.3) is 10.8 Å². The third-order valence-electron chi connectivity index (χ3n) is 7.87. The Kier molecular flexibility index (Phi) is 11.0. The lowest BCUT2D eigenvalue weighted by Crippen LogP contribution is -2.30. The molecule has 1 atom stereocenters. The summed E-state index contributed by atoms with van der Waals surface area (Å²) in [6, 6.07) is 23.7. The van der Waals surface area contributed by atoms with Gasteiger partial charge in [-0.2, -0.15) is 0 Å². The summed E-state index contributed by atoms with van der Waals surface area (Å²) in [4.78, 5) is 16.5. The van der Waals surface area contributed by atoms with Gasteiger partial charge in [0.05, 0.1) is 7.11 Å². The van der Waals surface area contributed by atoms with Crippen molar-refractivity contribution in [1.82, 2.24) is 15.3 Å². The molecule has 204 valence electrons. The smallest absolute Gasteiger partial charge is 0.243 e. The van der Waals surface area contributed by atoms with Gasteiger partial charge in [-0.3, -0.25) is 14.9 Å². The number of carbonyl (C=O) groups excluding carboxylic acids is 1. The van der Waals surface area contributed by atoms with E-state index in [9.17, 15) is 4.79 Å². The van der Waals surface area contributed by atoms with E-state index in [1.54, 1.807) is 12.6 Å². The Morgan fingerprint density at radius 2 is 1.82 bits per heavy atom. The van der Waals surface area contributed by atoms with Crippen LogP contribution in [0.2, 0.25) is 0 Å². The van der Waals surface area contributed by atoms with Gasteiger partial charge in [0.15, 0.2) is 0 Å². The summed E-state index contributed by atoms with van der Waals surface area (Å²) in [6.07, 6.45) is 6.80. The maximum atomic E-state index is 11.3. The summed E-state index contributed by atoms with van der Waals surface area (Å²) < 4.78 is 5.29. The molecular weight excluding hydrogens is 474 g/mol. The monoisotopic (exact) mass is 517 g/mol. The minimum atomic E-state index is -0.293. The molecule has 1 fully saturated rings. The Morgan fingerprint density at radius 3 is 2.63 bits per heavy atom. The summed E-state index contributed by atoms with van der Waals surface area (Å²) in [5.41, 5.74) is 4.50. The van der Waals surface area contributed by atoms with E-state index in [2.05, 4.69) is 64.4 Å². The number of benzene rings is 3. The van der Waals surface area contributed by atoms with E-state index >= 15 is 0 Å². The van der Waals surface area contributed by atoms with E-state index in [-0.39, 0.29) is 5.91 Å². The number of fused-ring (bicyclic) bond motifs is 1. The molecule has 1 heterocycles. The summed E-state index contributed by atoms with van der Waals surface area (Å²) in [5, 5.41) is 11.4. The average molecular weight is 518 g/mol. The van der Waals surface area contributed by atoms with Crippen LogP contribution in [0.1, 0.15) is 49.7 Å². The number of rotatable bonds is 15. The number of ether oxygens (including phenoxy) is 1. The van der Waals surface area contributed by atoms with E-state index in [1.807, 2.05) is 12.1 Å². The molecule has 1 aliphatic heterocycles. The number of nitrogens with zero attached hydrogens (tertiary/aromatic N) is 2. The van der Waals surface area contributed by atoms with Crippen LogP contribution in [-0.4, -0.2) is 60.7 Å². The van der Waals surface area contributed by atoms with Gasteiger partial charge in [-0.25, -0.2) is 5.48 Å². The highest BCUT2D eigenvalue weighted by atomic mass is 16.5. The van der Waals surface area contributed by atoms with Crippen LogP contribution in [0.4, 0.5) is 0 Å². The van der Waals surface area contributed by atoms with Gasteiger partial charge in [0.1, 0.15) is 5.75 Å². The molecule has 6 nitrogen and oxygen atoms in total. The number of hydrogen-bond donors (Lipinski definition) is 2. The van der Waals surface area contributed by atoms with Crippen LogP contribution < -0.4 is 10.2 Å². The minimum Gasteiger partial charge on any atom is -0.497 e. The number of hydroxylamine groups is 1. The third-order valence-corrected chi connectivity index (χ3v) is 7.87. The second kappa shape index (κ2) is 14.9. The fraction of sp³-hybridized carbons (Fsp3) is 0.469.